The molecule has 0 atom stereocenters. The minimum Gasteiger partial charge on any atom is -0.457 e. The summed E-state index contributed by atoms with van der Waals surface area (Å²) in [5, 5.41) is 7.72. The number of amides is 1. The molecule has 4 aromatic rings. The first-order valence-corrected chi connectivity index (χ1v) is 12.5. The summed E-state index contributed by atoms with van der Waals surface area (Å²) in [5.41, 5.74) is 1.70. The summed E-state index contributed by atoms with van der Waals surface area (Å²) < 4.78 is 32.8. The Morgan fingerprint density at radius 3 is 2.56 bits per heavy atom. The number of fused-ring (bicyclic) bond motifs is 1. The fourth-order valence-corrected chi connectivity index (χ4v) is 5.22. The number of carbonyl (C=O) groups is 1. The van der Waals surface area contributed by atoms with Crippen molar-refractivity contribution in [3.8, 4) is 11.5 Å². The van der Waals surface area contributed by atoms with Crippen LogP contribution in [-0.2, 0) is 16.4 Å². The minimum atomic E-state index is -3.27. The molecule has 1 amide bonds. The zero-order valence-corrected chi connectivity index (χ0v) is 19.5. The number of aryl methyl sites for hydroxylation is 2. The Morgan fingerprint density at radius 2 is 1.91 bits per heavy atom. The van der Waals surface area contributed by atoms with Crippen molar-refractivity contribution in [2.24, 2.45) is 0 Å². The third-order valence-corrected chi connectivity index (χ3v) is 7.86. The van der Waals surface area contributed by atoms with Crippen molar-refractivity contribution in [3.05, 3.63) is 66.2 Å². The van der Waals surface area contributed by atoms with Gasteiger partial charge in [-0.3, -0.25) is 14.5 Å². The summed E-state index contributed by atoms with van der Waals surface area (Å²) in [7, 11) is -3.27. The molecule has 0 aliphatic heterocycles. The Hall–Kier alpha value is -3.79. The number of aromatic nitrogens is 4. The normalized spacial score (nSPS) is 13.7. The van der Waals surface area contributed by atoms with Gasteiger partial charge in [-0.05, 0) is 63.1 Å². The van der Waals surface area contributed by atoms with E-state index in [0.29, 0.717) is 52.7 Å². The minimum absolute atomic E-state index is 0.271. The summed E-state index contributed by atoms with van der Waals surface area (Å²) in [6.07, 6.45) is 6.34. The van der Waals surface area contributed by atoms with Crippen molar-refractivity contribution in [1.82, 2.24) is 19.7 Å². The highest BCUT2D eigenvalue weighted by atomic mass is 32.2. The SMILES string of the molecule is CCn1cc2c(Oc3ccc(S(=O)(=O)C4CC4)cc3)cc(C(=O)Nc3cnc(C)cn3)cc2n1. The Bertz CT molecular complexity index is 1470. The molecule has 2 aromatic heterocycles. The Labute approximate surface area is 196 Å². The molecule has 0 bridgehead atoms. The van der Waals surface area contributed by atoms with Gasteiger partial charge in [0, 0.05) is 18.3 Å². The monoisotopic (exact) mass is 477 g/mol. The van der Waals surface area contributed by atoms with Crippen molar-refractivity contribution in [3.63, 3.8) is 0 Å². The summed E-state index contributed by atoms with van der Waals surface area (Å²) in [6, 6.07) is 9.69. The van der Waals surface area contributed by atoms with Crippen LogP contribution >= 0.6 is 0 Å². The number of benzene rings is 2. The van der Waals surface area contributed by atoms with Gasteiger partial charge in [0.05, 0.1) is 39.1 Å². The van der Waals surface area contributed by atoms with Gasteiger partial charge in [0.1, 0.15) is 11.5 Å². The number of hydrogen-bond acceptors (Lipinski definition) is 7. The Balaban J connectivity index is 1.46. The lowest BCUT2D eigenvalue weighted by molar-refractivity contribution is 0.102. The van der Waals surface area contributed by atoms with Gasteiger partial charge in [-0.25, -0.2) is 13.4 Å². The molecule has 0 radical (unpaired) electrons. The molecule has 0 saturated heterocycles. The smallest absolute Gasteiger partial charge is 0.257 e. The predicted molar refractivity (Wildman–Crippen MR) is 127 cm³/mol. The van der Waals surface area contributed by atoms with Gasteiger partial charge in [0.2, 0.25) is 0 Å². The van der Waals surface area contributed by atoms with Crippen LogP contribution in [0.4, 0.5) is 5.82 Å². The van der Waals surface area contributed by atoms with E-state index in [2.05, 4.69) is 20.4 Å². The number of rotatable bonds is 7. The molecule has 1 fully saturated rings. The van der Waals surface area contributed by atoms with Crippen LogP contribution in [0.25, 0.3) is 10.9 Å². The van der Waals surface area contributed by atoms with Crippen molar-refractivity contribution in [2.75, 3.05) is 5.32 Å². The second-order valence-electron chi connectivity index (χ2n) is 8.21. The fraction of sp³-hybridized carbons (Fsp3) is 0.250. The van der Waals surface area contributed by atoms with E-state index >= 15 is 0 Å². The largest absolute Gasteiger partial charge is 0.457 e. The topological polar surface area (TPSA) is 116 Å². The number of nitrogens with zero attached hydrogens (tertiary/aromatic N) is 4. The van der Waals surface area contributed by atoms with Crippen LogP contribution in [0.1, 0.15) is 35.8 Å². The molecule has 10 heteroatoms. The van der Waals surface area contributed by atoms with Gasteiger partial charge >= 0.3 is 0 Å². The highest BCUT2D eigenvalue weighted by Crippen LogP contribution is 2.35. The highest BCUT2D eigenvalue weighted by molar-refractivity contribution is 7.92. The Kier molecular flexibility index (Phi) is 5.52. The molecular weight excluding hydrogens is 454 g/mol. The lowest BCUT2D eigenvalue weighted by Crippen LogP contribution is -2.13. The van der Waals surface area contributed by atoms with Gasteiger partial charge < -0.3 is 10.1 Å². The zero-order chi connectivity index (χ0) is 23.9. The van der Waals surface area contributed by atoms with E-state index in [4.69, 9.17) is 4.74 Å². The number of anilines is 1. The Morgan fingerprint density at radius 1 is 1.15 bits per heavy atom. The number of sulfone groups is 1. The maximum atomic E-state index is 12.9. The molecule has 1 saturated carbocycles. The van der Waals surface area contributed by atoms with Crippen molar-refractivity contribution >= 4 is 32.5 Å². The van der Waals surface area contributed by atoms with Crippen LogP contribution in [-0.4, -0.2) is 39.3 Å². The van der Waals surface area contributed by atoms with Crippen LogP contribution in [0, 0.1) is 6.92 Å². The average Bonchev–Trinajstić information content (AvgIpc) is 3.61. The average molecular weight is 478 g/mol. The number of hydrogen-bond donors (Lipinski definition) is 1. The van der Waals surface area contributed by atoms with Crippen molar-refractivity contribution < 1.29 is 17.9 Å². The zero-order valence-electron chi connectivity index (χ0n) is 18.7. The molecule has 1 N–H and O–H groups in total. The lowest BCUT2D eigenvalue weighted by Gasteiger charge is -2.10. The van der Waals surface area contributed by atoms with E-state index in [-0.39, 0.29) is 11.2 Å². The first kappa shape index (κ1) is 22.0. The summed E-state index contributed by atoms with van der Waals surface area (Å²) in [6.45, 7) is 4.44. The number of ether oxygens (including phenoxy) is 1. The summed E-state index contributed by atoms with van der Waals surface area (Å²) >= 11 is 0. The van der Waals surface area contributed by atoms with Crippen LogP contribution < -0.4 is 10.1 Å². The van der Waals surface area contributed by atoms with Crippen molar-refractivity contribution in [2.45, 2.75) is 43.4 Å². The number of carbonyl (C=O) groups excluding carboxylic acids is 1. The summed E-state index contributed by atoms with van der Waals surface area (Å²) in [5.74, 6) is 0.865. The second-order valence-corrected chi connectivity index (χ2v) is 10.4. The van der Waals surface area contributed by atoms with Gasteiger partial charge in [0.15, 0.2) is 15.7 Å². The van der Waals surface area contributed by atoms with Gasteiger partial charge in [-0.15, -0.1) is 0 Å². The van der Waals surface area contributed by atoms with Crippen LogP contribution in [0.15, 0.2) is 59.9 Å². The first-order chi connectivity index (χ1) is 16.3. The maximum absolute atomic E-state index is 12.9. The van der Waals surface area contributed by atoms with E-state index in [1.54, 1.807) is 47.3 Å². The molecule has 174 valence electrons. The van der Waals surface area contributed by atoms with Gasteiger partial charge in [-0.2, -0.15) is 5.10 Å². The van der Waals surface area contributed by atoms with Gasteiger partial charge in [-0.1, -0.05) is 0 Å². The van der Waals surface area contributed by atoms with Gasteiger partial charge in [0.25, 0.3) is 5.91 Å². The fourth-order valence-electron chi connectivity index (χ4n) is 3.56. The van der Waals surface area contributed by atoms with Crippen LogP contribution in [0.2, 0.25) is 0 Å². The van der Waals surface area contributed by atoms with E-state index in [1.165, 1.54) is 6.20 Å². The summed E-state index contributed by atoms with van der Waals surface area (Å²) in [4.78, 5) is 21.5. The predicted octanol–water partition coefficient (Wildman–Crippen LogP) is 4.14. The van der Waals surface area contributed by atoms with E-state index in [0.717, 1.165) is 11.1 Å². The maximum Gasteiger partial charge on any atom is 0.257 e. The highest BCUT2D eigenvalue weighted by Gasteiger charge is 2.36. The standard InChI is InChI=1S/C24H23N5O4S/c1-3-29-14-20-21(28-29)10-16(24(30)27-23-13-25-15(2)12-26-23)11-22(20)33-17-4-6-18(7-5-17)34(31,32)19-8-9-19/h4-7,10-14,19H,3,8-9H2,1-2H3,(H,26,27,30). The molecule has 9 nitrogen and oxygen atoms in total. The molecule has 5 rings (SSSR count). The van der Waals surface area contributed by atoms with E-state index < -0.39 is 9.84 Å². The van der Waals surface area contributed by atoms with Crippen LogP contribution in [0.5, 0.6) is 11.5 Å². The molecule has 1 aliphatic rings. The second kappa shape index (κ2) is 8.53. The molecule has 0 unspecified atom stereocenters. The molecule has 34 heavy (non-hydrogen) atoms. The van der Waals surface area contributed by atoms with Crippen molar-refractivity contribution in [1.29, 1.82) is 0 Å². The first-order valence-electron chi connectivity index (χ1n) is 11.0. The lowest BCUT2D eigenvalue weighted by atomic mass is 10.1. The third kappa shape index (κ3) is 4.36. The molecule has 0 spiro atoms. The number of nitrogens with one attached hydrogen (secondary N) is 1. The van der Waals surface area contributed by atoms with Crippen LogP contribution in [0.3, 0.4) is 0 Å². The van der Waals surface area contributed by atoms with E-state index in [9.17, 15) is 13.2 Å². The third-order valence-electron chi connectivity index (χ3n) is 5.59. The quantitative estimate of drug-likeness (QED) is 0.425. The molecular formula is C24H23N5O4S. The molecule has 2 aromatic carbocycles. The molecule has 1 aliphatic carbocycles. The molecule has 2 heterocycles. The van der Waals surface area contributed by atoms with E-state index in [1.807, 2.05) is 20.0 Å².